The molecule has 2 aromatic rings. The minimum Gasteiger partial charge on any atom is -0.0622 e. The quantitative estimate of drug-likeness (QED) is 0.668. The number of benzene rings is 2. The lowest BCUT2D eigenvalue weighted by Crippen LogP contribution is -1.88. The van der Waals surface area contributed by atoms with Gasteiger partial charge in [0.15, 0.2) is 0 Å². The van der Waals surface area contributed by atoms with Gasteiger partial charge < -0.3 is 0 Å². The third-order valence-corrected chi connectivity index (χ3v) is 3.61. The monoisotopic (exact) mass is 220 g/mol. The first-order valence-electron chi connectivity index (χ1n) is 6.10. The standard InChI is InChI=1S/C17H16/c1-12-8-15-10-17(11-16(15)9-13(12)2)14-6-4-3-5-7-14/h3-10H,11H2,1-2H3. The van der Waals surface area contributed by atoms with Gasteiger partial charge in [0.1, 0.15) is 0 Å². The fourth-order valence-electron chi connectivity index (χ4n) is 2.47. The molecule has 1 aliphatic rings. The van der Waals surface area contributed by atoms with Crippen molar-refractivity contribution in [1.29, 1.82) is 0 Å². The van der Waals surface area contributed by atoms with Crippen LogP contribution in [0.25, 0.3) is 11.6 Å². The second-order valence-corrected chi connectivity index (χ2v) is 4.85. The molecule has 0 atom stereocenters. The van der Waals surface area contributed by atoms with E-state index in [1.807, 2.05) is 0 Å². The fourth-order valence-corrected chi connectivity index (χ4v) is 2.47. The number of hydrogen-bond acceptors (Lipinski definition) is 0. The molecule has 0 saturated heterocycles. The van der Waals surface area contributed by atoms with Gasteiger partial charge in [0.25, 0.3) is 0 Å². The van der Waals surface area contributed by atoms with Crippen molar-refractivity contribution in [1.82, 2.24) is 0 Å². The van der Waals surface area contributed by atoms with E-state index < -0.39 is 0 Å². The number of hydrogen-bond donors (Lipinski definition) is 0. The third-order valence-electron chi connectivity index (χ3n) is 3.61. The minimum atomic E-state index is 1.07. The van der Waals surface area contributed by atoms with E-state index in [1.54, 1.807) is 0 Å². The summed E-state index contributed by atoms with van der Waals surface area (Å²) in [6.07, 6.45) is 3.40. The highest BCUT2D eigenvalue weighted by Gasteiger charge is 2.14. The molecule has 0 amide bonds. The molecule has 3 rings (SSSR count). The van der Waals surface area contributed by atoms with Crippen LogP contribution in [0.4, 0.5) is 0 Å². The van der Waals surface area contributed by atoms with Crippen LogP contribution in [0.1, 0.15) is 27.8 Å². The molecular formula is C17H16. The normalized spacial score (nSPS) is 13.4. The van der Waals surface area contributed by atoms with E-state index in [0.717, 1.165) is 6.42 Å². The summed E-state index contributed by atoms with van der Waals surface area (Å²) in [5, 5.41) is 0. The van der Waals surface area contributed by atoms with E-state index in [9.17, 15) is 0 Å². The maximum absolute atomic E-state index is 2.33. The molecule has 0 unspecified atom stereocenters. The predicted molar refractivity (Wildman–Crippen MR) is 73.9 cm³/mol. The molecule has 2 aromatic carbocycles. The van der Waals surface area contributed by atoms with Crippen molar-refractivity contribution >= 4 is 11.6 Å². The Morgan fingerprint density at radius 2 is 1.59 bits per heavy atom. The third kappa shape index (κ3) is 1.80. The van der Waals surface area contributed by atoms with Gasteiger partial charge >= 0.3 is 0 Å². The van der Waals surface area contributed by atoms with Crippen molar-refractivity contribution < 1.29 is 0 Å². The molecule has 0 saturated carbocycles. The average molecular weight is 220 g/mol. The van der Waals surface area contributed by atoms with Crippen LogP contribution in [0.15, 0.2) is 42.5 Å². The van der Waals surface area contributed by atoms with Crippen LogP contribution < -0.4 is 0 Å². The zero-order valence-corrected chi connectivity index (χ0v) is 10.3. The number of rotatable bonds is 1. The van der Waals surface area contributed by atoms with Crippen molar-refractivity contribution in [3.63, 3.8) is 0 Å². The Bertz CT molecular complexity index is 589. The molecular weight excluding hydrogens is 204 g/mol. The summed E-state index contributed by atoms with van der Waals surface area (Å²) in [6, 6.07) is 15.3. The molecule has 0 bridgehead atoms. The van der Waals surface area contributed by atoms with Gasteiger partial charge in [-0.25, -0.2) is 0 Å². The molecule has 0 fully saturated rings. The van der Waals surface area contributed by atoms with E-state index in [1.165, 1.54) is 33.4 Å². The molecule has 0 spiro atoms. The number of allylic oxidation sites excluding steroid dienone is 1. The molecule has 0 heteroatoms. The second-order valence-electron chi connectivity index (χ2n) is 4.85. The molecule has 0 heterocycles. The van der Waals surface area contributed by atoms with E-state index >= 15 is 0 Å². The van der Waals surface area contributed by atoms with Gasteiger partial charge in [-0.2, -0.15) is 0 Å². The van der Waals surface area contributed by atoms with E-state index in [4.69, 9.17) is 0 Å². The summed E-state index contributed by atoms with van der Waals surface area (Å²) >= 11 is 0. The second kappa shape index (κ2) is 3.89. The van der Waals surface area contributed by atoms with Gasteiger partial charge in [0.2, 0.25) is 0 Å². The fraction of sp³-hybridized carbons (Fsp3) is 0.176. The van der Waals surface area contributed by atoms with Gasteiger partial charge in [0, 0.05) is 0 Å². The zero-order valence-electron chi connectivity index (χ0n) is 10.3. The Morgan fingerprint density at radius 3 is 2.35 bits per heavy atom. The van der Waals surface area contributed by atoms with Crippen LogP contribution in [0.5, 0.6) is 0 Å². The van der Waals surface area contributed by atoms with Crippen LogP contribution in [0.3, 0.4) is 0 Å². The highest BCUT2D eigenvalue weighted by atomic mass is 14.2. The lowest BCUT2D eigenvalue weighted by molar-refractivity contribution is 1.25. The topological polar surface area (TPSA) is 0 Å². The SMILES string of the molecule is Cc1cc2c(cc1C)CC(c1ccccc1)=C2. The summed E-state index contributed by atoms with van der Waals surface area (Å²) in [5.41, 5.74) is 8.42. The molecule has 1 aliphatic carbocycles. The van der Waals surface area contributed by atoms with Crippen LogP contribution in [0.2, 0.25) is 0 Å². The maximum atomic E-state index is 2.33. The first-order valence-corrected chi connectivity index (χ1v) is 6.10. The van der Waals surface area contributed by atoms with Crippen molar-refractivity contribution in [2.45, 2.75) is 20.3 Å². The predicted octanol–water partition coefficient (Wildman–Crippen LogP) is 4.40. The van der Waals surface area contributed by atoms with E-state index in [0.29, 0.717) is 0 Å². The van der Waals surface area contributed by atoms with Gasteiger partial charge in [-0.1, -0.05) is 48.5 Å². The molecule has 0 aliphatic heterocycles. The summed E-state index contributed by atoms with van der Waals surface area (Å²) in [5.74, 6) is 0. The lowest BCUT2D eigenvalue weighted by atomic mass is 10.0. The molecule has 0 radical (unpaired) electrons. The molecule has 17 heavy (non-hydrogen) atoms. The van der Waals surface area contributed by atoms with Crippen molar-refractivity contribution in [2.24, 2.45) is 0 Å². The Labute approximate surface area is 103 Å². The zero-order chi connectivity index (χ0) is 11.8. The molecule has 84 valence electrons. The van der Waals surface area contributed by atoms with Crippen molar-refractivity contribution in [3.8, 4) is 0 Å². The maximum Gasteiger partial charge on any atom is -0.00136 e. The smallest absolute Gasteiger partial charge is 0.00136 e. The van der Waals surface area contributed by atoms with Gasteiger partial charge in [0.05, 0.1) is 0 Å². The Balaban J connectivity index is 2.03. The van der Waals surface area contributed by atoms with Crippen molar-refractivity contribution in [3.05, 3.63) is 70.3 Å². The number of fused-ring (bicyclic) bond motifs is 1. The number of aryl methyl sites for hydroxylation is 2. The Hall–Kier alpha value is -1.82. The molecule has 0 aromatic heterocycles. The Kier molecular flexibility index (Phi) is 2.36. The summed E-state index contributed by atoms with van der Waals surface area (Å²) in [7, 11) is 0. The lowest BCUT2D eigenvalue weighted by Gasteiger charge is -2.04. The van der Waals surface area contributed by atoms with E-state index in [2.05, 4.69) is 62.4 Å². The minimum absolute atomic E-state index is 1.07. The summed E-state index contributed by atoms with van der Waals surface area (Å²) < 4.78 is 0. The Morgan fingerprint density at radius 1 is 0.882 bits per heavy atom. The summed E-state index contributed by atoms with van der Waals surface area (Å²) in [4.78, 5) is 0. The van der Waals surface area contributed by atoms with Crippen molar-refractivity contribution in [2.75, 3.05) is 0 Å². The van der Waals surface area contributed by atoms with Crippen LogP contribution in [-0.4, -0.2) is 0 Å². The molecule has 0 nitrogen and oxygen atoms in total. The summed E-state index contributed by atoms with van der Waals surface area (Å²) in [6.45, 7) is 4.38. The highest BCUT2D eigenvalue weighted by Crippen LogP contribution is 2.32. The largest absolute Gasteiger partial charge is 0.0622 e. The van der Waals surface area contributed by atoms with Gasteiger partial charge in [-0.05, 0) is 53.7 Å². The van der Waals surface area contributed by atoms with Crippen LogP contribution >= 0.6 is 0 Å². The highest BCUT2D eigenvalue weighted by molar-refractivity contribution is 5.88. The average Bonchev–Trinajstić information content (AvgIpc) is 2.74. The first-order chi connectivity index (χ1) is 8.24. The van der Waals surface area contributed by atoms with Crippen LogP contribution in [-0.2, 0) is 6.42 Å². The van der Waals surface area contributed by atoms with Gasteiger partial charge in [-0.3, -0.25) is 0 Å². The van der Waals surface area contributed by atoms with E-state index in [-0.39, 0.29) is 0 Å². The van der Waals surface area contributed by atoms with Crippen LogP contribution in [0, 0.1) is 13.8 Å². The van der Waals surface area contributed by atoms with Gasteiger partial charge in [-0.15, -0.1) is 0 Å². The first kappa shape index (κ1) is 10.3. The molecule has 0 N–H and O–H groups in total.